The van der Waals surface area contributed by atoms with Crippen LogP contribution in [0.4, 0.5) is 0 Å². The zero-order valence-corrected chi connectivity index (χ0v) is 31.5. The molecule has 55 heavy (non-hydrogen) atoms. The molecule has 0 saturated heterocycles. The number of phenols is 1. The molecule has 0 bridgehead atoms. The lowest BCUT2D eigenvalue weighted by molar-refractivity contribution is -0.142. The Bertz CT molecular complexity index is 1670. The molecule has 0 aliphatic heterocycles. The molecule has 7 amide bonds. The quantitative estimate of drug-likeness (QED) is 0.0685. The molecule has 2 rings (SSSR count). The van der Waals surface area contributed by atoms with E-state index < -0.39 is 108 Å². The highest BCUT2D eigenvalue weighted by atomic mass is 16.4. The second-order valence-corrected chi connectivity index (χ2v) is 13.8. The van der Waals surface area contributed by atoms with Crippen LogP contribution in [0.15, 0.2) is 54.6 Å². The molecule has 18 nitrogen and oxygen atoms in total. The number of aromatic hydroxyl groups is 1. The average molecular weight is 769 g/mol. The lowest BCUT2D eigenvalue weighted by atomic mass is 9.99. The molecule has 0 fully saturated rings. The number of hydrogen-bond acceptors (Lipinski definition) is 10. The molecular weight excluding hydrogens is 716 g/mol. The van der Waals surface area contributed by atoms with Crippen LogP contribution in [0.2, 0.25) is 0 Å². The highest BCUT2D eigenvalue weighted by Crippen LogP contribution is 2.12. The fraction of sp³-hybridized carbons (Fsp3) is 0.459. The Kier molecular flexibility index (Phi) is 17.7. The van der Waals surface area contributed by atoms with Crippen molar-refractivity contribution in [3.63, 3.8) is 0 Å². The molecule has 2 aromatic carbocycles. The number of carbonyl (C=O) groups excluding carboxylic acids is 7. The largest absolute Gasteiger partial charge is 0.508 e. The van der Waals surface area contributed by atoms with Crippen molar-refractivity contribution in [2.24, 2.45) is 23.3 Å². The average Bonchev–Trinajstić information content (AvgIpc) is 3.11. The molecule has 6 atom stereocenters. The second kappa shape index (κ2) is 21.6. The summed E-state index contributed by atoms with van der Waals surface area (Å²) in [5.74, 6) is -8.19. The van der Waals surface area contributed by atoms with Crippen molar-refractivity contribution in [1.82, 2.24) is 31.9 Å². The molecule has 0 unspecified atom stereocenters. The number of benzene rings is 2. The van der Waals surface area contributed by atoms with E-state index in [9.17, 15) is 48.6 Å². The standard InChI is InChI=1S/C37H52N8O10/c1-19(2)30(36(54)40-18-28(39)47)44-35(53)27(17-29(48)49)43-37(55)31(20(3)4)45-34(52)26(16-22-9-7-6-8-10-22)42-32(50)21(5)41-33(51)25(38)15-23-11-13-24(46)14-12-23/h6-14,19-21,25-27,30-31,46H,15-18,38H2,1-5H3,(H2,39,47)(H,40,54)(H,41,51)(H,42,50)(H,43,55)(H,44,53)(H,45,52)(H,48,49)/t21-,25-,26-,27-,30-,31-/m0/s1. The van der Waals surface area contributed by atoms with Gasteiger partial charge in [-0.3, -0.25) is 38.4 Å². The van der Waals surface area contributed by atoms with Gasteiger partial charge in [-0.15, -0.1) is 0 Å². The van der Waals surface area contributed by atoms with E-state index in [1.54, 1.807) is 70.2 Å². The van der Waals surface area contributed by atoms with Crippen LogP contribution in [0, 0.1) is 11.8 Å². The lowest BCUT2D eigenvalue weighted by Gasteiger charge is -2.28. The van der Waals surface area contributed by atoms with E-state index in [0.29, 0.717) is 11.1 Å². The van der Waals surface area contributed by atoms with Gasteiger partial charge in [-0.1, -0.05) is 70.2 Å². The summed E-state index contributed by atoms with van der Waals surface area (Å²) < 4.78 is 0. The van der Waals surface area contributed by atoms with Crippen LogP contribution in [0.1, 0.15) is 52.2 Å². The van der Waals surface area contributed by atoms with Gasteiger partial charge in [-0.05, 0) is 48.4 Å². The van der Waals surface area contributed by atoms with Crippen LogP contribution in [0.5, 0.6) is 5.75 Å². The van der Waals surface area contributed by atoms with Crippen molar-refractivity contribution in [1.29, 1.82) is 0 Å². The van der Waals surface area contributed by atoms with Crippen LogP contribution in [-0.2, 0) is 51.2 Å². The number of rotatable bonds is 21. The predicted molar refractivity (Wildman–Crippen MR) is 199 cm³/mol. The highest BCUT2D eigenvalue weighted by molar-refractivity contribution is 5.98. The number of aliphatic carboxylic acids is 1. The van der Waals surface area contributed by atoms with E-state index in [2.05, 4.69) is 31.9 Å². The zero-order chi connectivity index (χ0) is 41.4. The van der Waals surface area contributed by atoms with Crippen LogP contribution >= 0.6 is 0 Å². The van der Waals surface area contributed by atoms with Gasteiger partial charge < -0.3 is 53.6 Å². The Morgan fingerprint density at radius 2 is 1.11 bits per heavy atom. The van der Waals surface area contributed by atoms with E-state index in [-0.39, 0.29) is 18.6 Å². The minimum atomic E-state index is -1.68. The monoisotopic (exact) mass is 768 g/mol. The summed E-state index contributed by atoms with van der Waals surface area (Å²) in [6.45, 7) is 7.28. The maximum Gasteiger partial charge on any atom is 0.305 e. The molecule has 2 aromatic rings. The number of nitrogens with two attached hydrogens (primary N) is 2. The van der Waals surface area contributed by atoms with Crippen LogP contribution < -0.4 is 43.4 Å². The number of amides is 7. The molecule has 0 aromatic heterocycles. The summed E-state index contributed by atoms with van der Waals surface area (Å²) in [5.41, 5.74) is 12.5. The molecule has 300 valence electrons. The SMILES string of the molecule is CC(C)[C@H](NC(=O)[C@H](CC(=O)O)NC(=O)[C@@H](NC(=O)[C@H](Cc1ccccc1)NC(=O)[C@H](C)NC(=O)[C@@H](N)Cc1ccc(O)cc1)C(C)C)C(=O)NCC(N)=O. The van der Waals surface area contributed by atoms with Gasteiger partial charge >= 0.3 is 5.97 Å². The van der Waals surface area contributed by atoms with Crippen molar-refractivity contribution in [3.05, 3.63) is 65.7 Å². The Hall–Kier alpha value is -6.04. The molecule has 0 spiro atoms. The molecule has 0 saturated carbocycles. The molecule has 18 heteroatoms. The Morgan fingerprint density at radius 1 is 0.600 bits per heavy atom. The first-order valence-corrected chi connectivity index (χ1v) is 17.7. The summed E-state index contributed by atoms with van der Waals surface area (Å²) in [6, 6.07) is 7.11. The fourth-order valence-corrected chi connectivity index (χ4v) is 5.23. The number of phenolic OH excluding ortho intramolecular Hbond substituents is 1. The van der Waals surface area contributed by atoms with Gasteiger partial charge in [0.2, 0.25) is 41.4 Å². The van der Waals surface area contributed by atoms with Crippen LogP contribution in [0.25, 0.3) is 0 Å². The summed E-state index contributed by atoms with van der Waals surface area (Å²) >= 11 is 0. The summed E-state index contributed by atoms with van der Waals surface area (Å²) in [4.78, 5) is 102. The number of hydrogen-bond donors (Lipinski definition) is 10. The smallest absolute Gasteiger partial charge is 0.305 e. The zero-order valence-electron chi connectivity index (χ0n) is 31.5. The van der Waals surface area contributed by atoms with Gasteiger partial charge in [0.1, 0.15) is 36.0 Å². The van der Waals surface area contributed by atoms with E-state index in [1.807, 2.05) is 0 Å². The Labute approximate surface area is 318 Å². The Morgan fingerprint density at radius 3 is 1.64 bits per heavy atom. The van der Waals surface area contributed by atoms with Crippen molar-refractivity contribution in [3.8, 4) is 5.75 Å². The van der Waals surface area contributed by atoms with E-state index in [0.717, 1.165) is 0 Å². The number of carboxylic acid groups (broad SMARTS) is 1. The van der Waals surface area contributed by atoms with E-state index >= 15 is 0 Å². The normalized spacial score (nSPS) is 14.3. The maximum atomic E-state index is 13.8. The minimum Gasteiger partial charge on any atom is -0.508 e. The molecule has 12 N–H and O–H groups in total. The summed E-state index contributed by atoms with van der Waals surface area (Å²) in [6.07, 6.45) is -0.777. The predicted octanol–water partition coefficient (Wildman–Crippen LogP) is -1.66. The van der Waals surface area contributed by atoms with Crippen LogP contribution in [0.3, 0.4) is 0 Å². The molecule has 0 aliphatic carbocycles. The van der Waals surface area contributed by atoms with Crippen molar-refractivity contribution in [2.45, 2.75) is 90.1 Å². The van der Waals surface area contributed by atoms with Gasteiger partial charge in [0.05, 0.1) is 19.0 Å². The fourth-order valence-electron chi connectivity index (χ4n) is 5.23. The number of carboxylic acids is 1. The summed E-state index contributed by atoms with van der Waals surface area (Å²) in [7, 11) is 0. The third-order valence-electron chi connectivity index (χ3n) is 8.34. The minimum absolute atomic E-state index is 0.0235. The van der Waals surface area contributed by atoms with Gasteiger partial charge in [-0.2, -0.15) is 0 Å². The number of nitrogens with one attached hydrogen (secondary N) is 6. The van der Waals surface area contributed by atoms with Crippen LogP contribution in [-0.4, -0.2) is 100 Å². The first-order valence-electron chi connectivity index (χ1n) is 17.7. The molecule has 0 radical (unpaired) electrons. The maximum absolute atomic E-state index is 13.8. The number of carbonyl (C=O) groups is 8. The molecule has 0 aliphatic rings. The topological polar surface area (TPSA) is 301 Å². The van der Waals surface area contributed by atoms with Crippen molar-refractivity contribution >= 4 is 47.3 Å². The molecular formula is C37H52N8O10. The van der Waals surface area contributed by atoms with E-state index in [4.69, 9.17) is 11.5 Å². The van der Waals surface area contributed by atoms with Gasteiger partial charge in [0, 0.05) is 6.42 Å². The number of primary amides is 1. The van der Waals surface area contributed by atoms with E-state index in [1.165, 1.54) is 19.1 Å². The first kappa shape index (κ1) is 45.1. The van der Waals surface area contributed by atoms with Crippen molar-refractivity contribution < 1.29 is 48.6 Å². The Balaban J connectivity index is 2.23. The first-order chi connectivity index (χ1) is 25.8. The third-order valence-corrected chi connectivity index (χ3v) is 8.34. The van der Waals surface area contributed by atoms with Crippen molar-refractivity contribution in [2.75, 3.05) is 6.54 Å². The van der Waals surface area contributed by atoms with Gasteiger partial charge in [0.15, 0.2) is 0 Å². The molecule has 0 heterocycles. The lowest BCUT2D eigenvalue weighted by Crippen LogP contribution is -2.61. The highest BCUT2D eigenvalue weighted by Gasteiger charge is 2.35. The third kappa shape index (κ3) is 15.5. The van der Waals surface area contributed by atoms with Gasteiger partial charge in [-0.25, -0.2) is 0 Å². The second-order valence-electron chi connectivity index (χ2n) is 13.8. The summed E-state index contributed by atoms with van der Waals surface area (Å²) in [5, 5.41) is 33.8. The van der Waals surface area contributed by atoms with Gasteiger partial charge in [0.25, 0.3) is 0 Å².